The third-order valence-corrected chi connectivity index (χ3v) is 6.46. The summed E-state index contributed by atoms with van der Waals surface area (Å²) in [4.78, 5) is 12.1. The van der Waals surface area contributed by atoms with Gasteiger partial charge in [-0.15, -0.1) is 0 Å². The molecule has 1 saturated heterocycles. The zero-order valence-corrected chi connectivity index (χ0v) is 21.8. The lowest BCUT2D eigenvalue weighted by molar-refractivity contribution is -0.156. The van der Waals surface area contributed by atoms with Gasteiger partial charge in [-0.25, -0.2) is 4.79 Å². The van der Waals surface area contributed by atoms with Crippen molar-refractivity contribution >= 4 is 6.09 Å². The summed E-state index contributed by atoms with van der Waals surface area (Å²) in [5, 5.41) is 13.6. The van der Waals surface area contributed by atoms with E-state index in [4.69, 9.17) is 14.2 Å². The normalized spacial score (nSPS) is 20.3. The molecule has 1 heterocycles. The molecule has 0 bridgehead atoms. The molecule has 0 unspecified atom stereocenters. The van der Waals surface area contributed by atoms with Crippen LogP contribution in [0.4, 0.5) is 4.79 Å². The molecule has 2 N–H and O–H groups in total. The fraction of sp³-hybridized carbons (Fsp3) is 0.387. The highest BCUT2D eigenvalue weighted by atomic mass is 16.6. The van der Waals surface area contributed by atoms with Crippen molar-refractivity contribution in [2.45, 2.75) is 63.1 Å². The number of rotatable bonds is 8. The number of aliphatic hydroxyl groups excluding tert-OH is 1. The molecule has 0 aromatic heterocycles. The Hall–Kier alpha value is -3.19. The first-order chi connectivity index (χ1) is 17.8. The average Bonchev–Trinajstić information content (AvgIpc) is 2.90. The van der Waals surface area contributed by atoms with Crippen molar-refractivity contribution in [2.75, 3.05) is 13.2 Å². The van der Waals surface area contributed by atoms with Crippen LogP contribution in [-0.4, -0.2) is 48.3 Å². The van der Waals surface area contributed by atoms with E-state index in [9.17, 15) is 9.90 Å². The van der Waals surface area contributed by atoms with E-state index in [1.165, 1.54) is 0 Å². The van der Waals surface area contributed by atoms with Crippen molar-refractivity contribution in [3.05, 3.63) is 108 Å². The molecule has 6 nitrogen and oxygen atoms in total. The Morgan fingerprint density at radius 3 is 1.81 bits per heavy atom. The number of hydrogen-bond donors (Lipinski definition) is 2. The Kier molecular flexibility index (Phi) is 8.64. The van der Waals surface area contributed by atoms with E-state index in [2.05, 4.69) is 41.7 Å². The van der Waals surface area contributed by atoms with Gasteiger partial charge in [0.25, 0.3) is 0 Å². The third kappa shape index (κ3) is 6.77. The van der Waals surface area contributed by atoms with E-state index < -0.39 is 29.5 Å². The molecule has 1 fully saturated rings. The monoisotopic (exact) mass is 503 g/mol. The number of nitrogens with one attached hydrogen (secondary N) is 1. The molecule has 0 radical (unpaired) electrons. The number of aliphatic hydroxyl groups is 1. The summed E-state index contributed by atoms with van der Waals surface area (Å²) in [5.74, 6) is 0. The highest BCUT2D eigenvalue weighted by Gasteiger charge is 2.40. The Balaban J connectivity index is 1.56. The van der Waals surface area contributed by atoms with E-state index in [1.807, 2.05) is 75.4 Å². The number of carbonyl (C=O) groups is 1. The SMILES string of the molecule is CC(C)(C)OC(=O)NC[C@H]1CC[C@H](O)[C@@H](COC(c2ccccc2)(c2ccccc2)c2ccccc2)O1. The summed E-state index contributed by atoms with van der Waals surface area (Å²) >= 11 is 0. The van der Waals surface area contributed by atoms with Gasteiger partial charge < -0.3 is 24.6 Å². The molecule has 6 heteroatoms. The minimum Gasteiger partial charge on any atom is -0.444 e. The molecule has 0 saturated carbocycles. The van der Waals surface area contributed by atoms with E-state index in [0.29, 0.717) is 19.4 Å². The van der Waals surface area contributed by atoms with Gasteiger partial charge in [0.2, 0.25) is 0 Å². The minimum absolute atomic E-state index is 0.169. The zero-order valence-electron chi connectivity index (χ0n) is 21.8. The van der Waals surface area contributed by atoms with E-state index in [-0.39, 0.29) is 12.7 Å². The number of carbonyl (C=O) groups excluding carboxylic acids is 1. The van der Waals surface area contributed by atoms with Crippen LogP contribution in [0.1, 0.15) is 50.3 Å². The summed E-state index contributed by atoms with van der Waals surface area (Å²) in [7, 11) is 0. The van der Waals surface area contributed by atoms with Crippen LogP contribution in [0.5, 0.6) is 0 Å². The molecule has 0 aliphatic carbocycles. The lowest BCUT2D eigenvalue weighted by Crippen LogP contribution is -2.48. The number of hydrogen-bond acceptors (Lipinski definition) is 5. The second-order valence-corrected chi connectivity index (χ2v) is 10.4. The Labute approximate surface area is 219 Å². The topological polar surface area (TPSA) is 77.0 Å². The summed E-state index contributed by atoms with van der Waals surface area (Å²) in [5.41, 5.74) is 1.50. The van der Waals surface area contributed by atoms with Crippen LogP contribution in [0.3, 0.4) is 0 Å². The molecule has 196 valence electrons. The molecular weight excluding hydrogens is 466 g/mol. The lowest BCUT2D eigenvalue weighted by Gasteiger charge is -2.39. The predicted octanol–water partition coefficient (Wildman–Crippen LogP) is 5.43. The van der Waals surface area contributed by atoms with Crippen molar-refractivity contribution in [3.63, 3.8) is 0 Å². The van der Waals surface area contributed by atoms with Crippen molar-refractivity contribution in [3.8, 4) is 0 Å². The lowest BCUT2D eigenvalue weighted by atomic mass is 9.80. The van der Waals surface area contributed by atoms with Crippen LogP contribution < -0.4 is 5.32 Å². The molecule has 4 rings (SSSR count). The van der Waals surface area contributed by atoms with Crippen LogP contribution in [0.25, 0.3) is 0 Å². The number of benzene rings is 3. The van der Waals surface area contributed by atoms with E-state index >= 15 is 0 Å². The first kappa shape index (κ1) is 26.9. The van der Waals surface area contributed by atoms with Gasteiger partial charge in [-0.2, -0.15) is 0 Å². The smallest absolute Gasteiger partial charge is 0.407 e. The minimum atomic E-state index is -0.894. The summed E-state index contributed by atoms with van der Waals surface area (Å²) in [6.45, 7) is 5.95. The largest absolute Gasteiger partial charge is 0.444 e. The maximum Gasteiger partial charge on any atom is 0.407 e. The maximum absolute atomic E-state index is 12.1. The zero-order chi connectivity index (χ0) is 26.3. The summed E-state index contributed by atoms with van der Waals surface area (Å²) < 4.78 is 18.4. The molecule has 0 spiro atoms. The first-order valence-electron chi connectivity index (χ1n) is 12.9. The van der Waals surface area contributed by atoms with Crippen molar-refractivity contribution < 1.29 is 24.1 Å². The highest BCUT2D eigenvalue weighted by molar-refractivity contribution is 5.67. The summed E-state index contributed by atoms with van der Waals surface area (Å²) in [6, 6.07) is 30.3. The van der Waals surface area contributed by atoms with Gasteiger partial charge in [0.05, 0.1) is 18.8 Å². The molecule has 3 aromatic rings. The third-order valence-electron chi connectivity index (χ3n) is 6.46. The predicted molar refractivity (Wildman–Crippen MR) is 143 cm³/mol. The Morgan fingerprint density at radius 2 is 1.35 bits per heavy atom. The van der Waals surface area contributed by atoms with Crippen molar-refractivity contribution in [1.82, 2.24) is 5.32 Å². The van der Waals surface area contributed by atoms with Crippen LogP contribution in [0.2, 0.25) is 0 Å². The number of ether oxygens (including phenoxy) is 3. The fourth-order valence-electron chi connectivity index (χ4n) is 4.74. The number of amides is 1. The van der Waals surface area contributed by atoms with Gasteiger partial charge in [-0.3, -0.25) is 0 Å². The van der Waals surface area contributed by atoms with Crippen LogP contribution in [-0.2, 0) is 19.8 Å². The second-order valence-electron chi connectivity index (χ2n) is 10.4. The molecule has 1 aliphatic heterocycles. The van der Waals surface area contributed by atoms with Crippen LogP contribution in [0, 0.1) is 0 Å². The van der Waals surface area contributed by atoms with Crippen molar-refractivity contribution in [1.29, 1.82) is 0 Å². The maximum atomic E-state index is 12.1. The molecule has 1 amide bonds. The Morgan fingerprint density at radius 1 is 0.865 bits per heavy atom. The molecule has 3 atom stereocenters. The van der Waals surface area contributed by atoms with E-state index in [1.54, 1.807) is 0 Å². The fourth-order valence-corrected chi connectivity index (χ4v) is 4.74. The molecule has 37 heavy (non-hydrogen) atoms. The van der Waals surface area contributed by atoms with Gasteiger partial charge in [0.1, 0.15) is 17.3 Å². The van der Waals surface area contributed by atoms with E-state index in [0.717, 1.165) is 16.7 Å². The molecule has 1 aliphatic rings. The standard InChI is InChI=1S/C31H37NO5/c1-30(2,3)37-29(34)32-21-26-19-20-27(33)28(36-26)22-35-31(23-13-7-4-8-14-23,24-15-9-5-10-16-24)25-17-11-6-12-18-25/h4-18,26-28,33H,19-22H2,1-3H3,(H,32,34)/t26-,27+,28-/m1/s1. The average molecular weight is 504 g/mol. The summed E-state index contributed by atoms with van der Waals surface area (Å²) in [6.07, 6.45) is -0.749. The quantitative estimate of drug-likeness (QED) is 0.401. The van der Waals surface area contributed by atoms with Gasteiger partial charge in [-0.1, -0.05) is 91.0 Å². The van der Waals surface area contributed by atoms with Gasteiger partial charge in [0, 0.05) is 6.54 Å². The molecular formula is C31H37NO5. The van der Waals surface area contributed by atoms with Crippen molar-refractivity contribution in [2.24, 2.45) is 0 Å². The van der Waals surface area contributed by atoms with Gasteiger partial charge >= 0.3 is 6.09 Å². The highest BCUT2D eigenvalue weighted by Crippen LogP contribution is 2.41. The van der Waals surface area contributed by atoms with Crippen LogP contribution in [0.15, 0.2) is 91.0 Å². The second kappa shape index (κ2) is 11.9. The molecule has 3 aromatic carbocycles. The Bertz CT molecular complexity index is 1020. The van der Waals surface area contributed by atoms with Gasteiger partial charge in [0.15, 0.2) is 0 Å². The number of alkyl carbamates (subject to hydrolysis) is 1. The first-order valence-corrected chi connectivity index (χ1v) is 12.9. The van der Waals surface area contributed by atoms with Gasteiger partial charge in [-0.05, 0) is 50.3 Å². The van der Waals surface area contributed by atoms with Crippen LogP contribution >= 0.6 is 0 Å².